The maximum absolute atomic E-state index is 13.2. The first kappa shape index (κ1) is 24.3. The van der Waals surface area contributed by atoms with Gasteiger partial charge >= 0.3 is 0 Å². The van der Waals surface area contributed by atoms with Gasteiger partial charge in [-0.25, -0.2) is 0 Å². The Balaban J connectivity index is 1.91. The summed E-state index contributed by atoms with van der Waals surface area (Å²) < 4.78 is 5.90. The lowest BCUT2D eigenvalue weighted by molar-refractivity contribution is -0.133. The van der Waals surface area contributed by atoms with Crippen molar-refractivity contribution in [2.75, 3.05) is 16.8 Å². The zero-order valence-corrected chi connectivity index (χ0v) is 20.5. The summed E-state index contributed by atoms with van der Waals surface area (Å²) in [7, 11) is 0. The highest BCUT2D eigenvalue weighted by atomic mass is 16.5. The predicted octanol–water partition coefficient (Wildman–Crippen LogP) is 4.36. The van der Waals surface area contributed by atoms with Crippen LogP contribution in [0.2, 0.25) is 0 Å². The number of hydrogen-bond donors (Lipinski definition) is 2. The number of carbonyl (C=O) groups excluding carboxylic acids is 3. The lowest BCUT2D eigenvalue weighted by Gasteiger charge is -2.38. The molecule has 0 unspecified atom stereocenters. The zero-order valence-electron chi connectivity index (χ0n) is 20.5. The van der Waals surface area contributed by atoms with E-state index in [0.717, 1.165) is 17.5 Å². The molecule has 3 amide bonds. The van der Waals surface area contributed by atoms with Crippen molar-refractivity contribution in [3.05, 3.63) is 53.1 Å². The largest absolute Gasteiger partial charge is 0.476 e. The van der Waals surface area contributed by atoms with E-state index >= 15 is 0 Å². The van der Waals surface area contributed by atoms with Gasteiger partial charge in [0.2, 0.25) is 5.91 Å². The van der Waals surface area contributed by atoms with E-state index in [2.05, 4.69) is 10.6 Å². The normalized spacial score (nSPS) is 14.9. The Labute approximate surface area is 195 Å². The number of benzene rings is 2. The molecule has 0 radical (unpaired) electrons. The fourth-order valence-corrected chi connectivity index (χ4v) is 3.54. The van der Waals surface area contributed by atoms with Gasteiger partial charge in [0.15, 0.2) is 5.60 Å². The molecular weight excluding hydrogens is 418 g/mol. The molecule has 2 aromatic rings. The van der Waals surface area contributed by atoms with Gasteiger partial charge in [-0.05, 0) is 83.4 Å². The van der Waals surface area contributed by atoms with Crippen LogP contribution in [0.25, 0.3) is 0 Å². The first-order valence-corrected chi connectivity index (χ1v) is 11.2. The average Bonchev–Trinajstić information content (AvgIpc) is 2.73. The number of carbonyl (C=O) groups is 3. The Kier molecular flexibility index (Phi) is 6.54. The van der Waals surface area contributed by atoms with Crippen molar-refractivity contribution in [1.82, 2.24) is 5.32 Å². The second-order valence-corrected chi connectivity index (χ2v) is 9.74. The molecule has 1 aliphatic heterocycles. The highest BCUT2D eigenvalue weighted by molar-refractivity contribution is 6.08. The molecular formula is C26H33N3O4. The van der Waals surface area contributed by atoms with Crippen LogP contribution in [0.5, 0.6) is 5.75 Å². The van der Waals surface area contributed by atoms with Gasteiger partial charge in [0.05, 0.1) is 5.69 Å². The molecule has 7 heteroatoms. The van der Waals surface area contributed by atoms with E-state index < -0.39 is 5.60 Å². The molecule has 0 saturated carbocycles. The quantitative estimate of drug-likeness (QED) is 0.683. The van der Waals surface area contributed by atoms with E-state index in [4.69, 9.17) is 4.74 Å². The van der Waals surface area contributed by atoms with Gasteiger partial charge in [-0.1, -0.05) is 19.1 Å². The standard InChI is InChI=1S/C26H33N3O4/c1-8-25(4,5)28-23(31)18-11-12-21-20(14-18)29(24(32)26(6,7)33-21)15-22(30)27-19-13-16(2)9-10-17(19)3/h9-14H,8,15H2,1-7H3,(H,27,30)(H,28,31). The van der Waals surface area contributed by atoms with Gasteiger partial charge in [0, 0.05) is 16.8 Å². The number of fused-ring (bicyclic) bond motifs is 1. The lowest BCUT2D eigenvalue weighted by Crippen LogP contribution is -2.54. The number of rotatable bonds is 6. The first-order valence-electron chi connectivity index (χ1n) is 11.2. The van der Waals surface area contributed by atoms with E-state index in [0.29, 0.717) is 22.7 Å². The summed E-state index contributed by atoms with van der Waals surface area (Å²) in [6.07, 6.45) is 0.768. The minimum Gasteiger partial charge on any atom is -0.476 e. The molecule has 0 bridgehead atoms. The molecule has 0 atom stereocenters. The molecule has 0 fully saturated rings. The van der Waals surface area contributed by atoms with E-state index in [1.54, 1.807) is 32.0 Å². The molecule has 1 heterocycles. The first-order chi connectivity index (χ1) is 15.3. The van der Waals surface area contributed by atoms with Crippen LogP contribution in [0.4, 0.5) is 11.4 Å². The van der Waals surface area contributed by atoms with E-state index in [-0.39, 0.29) is 29.8 Å². The second-order valence-electron chi connectivity index (χ2n) is 9.74. The summed E-state index contributed by atoms with van der Waals surface area (Å²) in [5.41, 5.74) is 1.95. The number of ether oxygens (including phenoxy) is 1. The summed E-state index contributed by atoms with van der Waals surface area (Å²) in [6.45, 7) is 12.9. The molecule has 0 aromatic heterocycles. The van der Waals surface area contributed by atoms with E-state index in [1.807, 2.05) is 52.8 Å². The van der Waals surface area contributed by atoms with Crippen LogP contribution in [0, 0.1) is 13.8 Å². The predicted molar refractivity (Wildman–Crippen MR) is 130 cm³/mol. The Bertz CT molecular complexity index is 1100. The van der Waals surface area contributed by atoms with Crippen molar-refractivity contribution < 1.29 is 19.1 Å². The van der Waals surface area contributed by atoms with Gasteiger partial charge < -0.3 is 15.4 Å². The molecule has 7 nitrogen and oxygen atoms in total. The smallest absolute Gasteiger partial charge is 0.271 e. The van der Waals surface area contributed by atoms with E-state index in [1.165, 1.54) is 4.90 Å². The van der Waals surface area contributed by atoms with Gasteiger partial charge in [-0.15, -0.1) is 0 Å². The molecule has 0 saturated heterocycles. The molecule has 2 aromatic carbocycles. The molecule has 1 aliphatic rings. The summed E-state index contributed by atoms with van der Waals surface area (Å²) in [6, 6.07) is 10.7. The molecule has 0 aliphatic carbocycles. The topological polar surface area (TPSA) is 87.7 Å². The average molecular weight is 452 g/mol. The Morgan fingerprint density at radius 1 is 1.09 bits per heavy atom. The summed E-state index contributed by atoms with van der Waals surface area (Å²) >= 11 is 0. The lowest BCUT2D eigenvalue weighted by atomic mass is 10.00. The number of aryl methyl sites for hydroxylation is 2. The SMILES string of the molecule is CCC(C)(C)NC(=O)c1ccc2c(c1)N(CC(=O)Nc1cc(C)ccc1C)C(=O)C(C)(C)O2. The number of hydrogen-bond acceptors (Lipinski definition) is 4. The maximum atomic E-state index is 13.2. The number of anilines is 2. The van der Waals surface area contributed by atoms with Crippen LogP contribution in [0.3, 0.4) is 0 Å². The fraction of sp³-hybridized carbons (Fsp3) is 0.423. The summed E-state index contributed by atoms with van der Waals surface area (Å²) in [5.74, 6) is -0.479. The van der Waals surface area contributed by atoms with Crippen molar-refractivity contribution in [1.29, 1.82) is 0 Å². The monoisotopic (exact) mass is 451 g/mol. The van der Waals surface area contributed by atoms with Crippen LogP contribution in [0.15, 0.2) is 36.4 Å². The third kappa shape index (κ3) is 5.35. The van der Waals surface area contributed by atoms with Crippen molar-refractivity contribution in [3.63, 3.8) is 0 Å². The van der Waals surface area contributed by atoms with Gasteiger partial charge in [0.25, 0.3) is 11.8 Å². The van der Waals surface area contributed by atoms with Crippen LogP contribution in [-0.2, 0) is 9.59 Å². The molecule has 33 heavy (non-hydrogen) atoms. The molecule has 2 N–H and O–H groups in total. The maximum Gasteiger partial charge on any atom is 0.271 e. The Morgan fingerprint density at radius 3 is 2.45 bits per heavy atom. The van der Waals surface area contributed by atoms with Crippen molar-refractivity contribution in [2.45, 2.75) is 66.0 Å². The summed E-state index contributed by atoms with van der Waals surface area (Å²) in [5, 5.41) is 5.89. The van der Waals surface area contributed by atoms with Crippen LogP contribution in [0.1, 0.15) is 62.5 Å². The number of amides is 3. The molecule has 3 rings (SSSR count). The molecule has 0 spiro atoms. The van der Waals surface area contributed by atoms with Crippen molar-refractivity contribution >= 4 is 29.1 Å². The van der Waals surface area contributed by atoms with Gasteiger partial charge in [-0.2, -0.15) is 0 Å². The number of nitrogens with one attached hydrogen (secondary N) is 2. The fourth-order valence-electron chi connectivity index (χ4n) is 3.54. The van der Waals surface area contributed by atoms with Crippen LogP contribution >= 0.6 is 0 Å². The van der Waals surface area contributed by atoms with Crippen molar-refractivity contribution in [2.24, 2.45) is 0 Å². The highest BCUT2D eigenvalue weighted by Gasteiger charge is 2.42. The number of nitrogens with zero attached hydrogens (tertiary/aromatic N) is 1. The zero-order chi connectivity index (χ0) is 24.6. The van der Waals surface area contributed by atoms with E-state index in [9.17, 15) is 14.4 Å². The van der Waals surface area contributed by atoms with Crippen LogP contribution in [-0.4, -0.2) is 35.4 Å². The third-order valence-corrected chi connectivity index (χ3v) is 5.94. The van der Waals surface area contributed by atoms with Gasteiger partial charge in [0.1, 0.15) is 12.3 Å². The summed E-state index contributed by atoms with van der Waals surface area (Å²) in [4.78, 5) is 40.3. The second kappa shape index (κ2) is 8.89. The minimum absolute atomic E-state index is 0.197. The Morgan fingerprint density at radius 2 is 1.79 bits per heavy atom. The van der Waals surface area contributed by atoms with Gasteiger partial charge in [-0.3, -0.25) is 19.3 Å². The van der Waals surface area contributed by atoms with Crippen LogP contribution < -0.4 is 20.3 Å². The Hall–Kier alpha value is -3.35. The third-order valence-electron chi connectivity index (χ3n) is 5.94. The van der Waals surface area contributed by atoms with Crippen molar-refractivity contribution in [3.8, 4) is 5.75 Å². The minimum atomic E-state index is -1.14. The highest BCUT2D eigenvalue weighted by Crippen LogP contribution is 2.38. The molecule has 176 valence electrons.